The molecule has 5 heteroatoms. The summed E-state index contributed by atoms with van der Waals surface area (Å²) >= 11 is 0. The highest BCUT2D eigenvalue weighted by Gasteiger charge is 2.16. The minimum absolute atomic E-state index is 0.252. The van der Waals surface area contributed by atoms with Gasteiger partial charge in [-0.05, 0) is 26.2 Å². The molecule has 0 N–H and O–H groups in total. The first kappa shape index (κ1) is 16.2. The Morgan fingerprint density at radius 1 is 1.45 bits per heavy atom. The Kier molecular flexibility index (Phi) is 6.23. The maximum atomic E-state index is 11.8. The highest BCUT2D eigenvalue weighted by Crippen LogP contribution is 2.15. The number of hydrogen-bond donors (Lipinski definition) is 0. The molecule has 0 aliphatic carbocycles. The van der Waals surface area contributed by atoms with E-state index in [0.29, 0.717) is 25.4 Å². The van der Waals surface area contributed by atoms with Gasteiger partial charge in [-0.15, -0.1) is 0 Å². The Hall–Kier alpha value is -1.83. The second-order valence-corrected chi connectivity index (χ2v) is 5.38. The quantitative estimate of drug-likeness (QED) is 0.567. The summed E-state index contributed by atoms with van der Waals surface area (Å²) < 4.78 is 7.08. The predicted molar refractivity (Wildman–Crippen MR) is 76.0 cm³/mol. The van der Waals surface area contributed by atoms with Gasteiger partial charge in [-0.2, -0.15) is 10.4 Å². The van der Waals surface area contributed by atoms with Gasteiger partial charge >= 0.3 is 5.97 Å². The summed E-state index contributed by atoms with van der Waals surface area (Å²) in [6, 6.07) is 2.03. The van der Waals surface area contributed by atoms with Crippen LogP contribution in [0.15, 0.2) is 0 Å². The molecule has 1 aromatic rings. The van der Waals surface area contributed by atoms with E-state index in [0.717, 1.165) is 23.5 Å². The van der Waals surface area contributed by atoms with Crippen LogP contribution in [0.3, 0.4) is 0 Å². The van der Waals surface area contributed by atoms with E-state index in [4.69, 9.17) is 10.00 Å². The fraction of sp³-hybridized carbons (Fsp3) is 0.667. The minimum Gasteiger partial charge on any atom is -0.465 e. The van der Waals surface area contributed by atoms with Crippen molar-refractivity contribution in [1.29, 1.82) is 5.26 Å². The lowest BCUT2D eigenvalue weighted by atomic mass is 10.1. The molecule has 110 valence electrons. The van der Waals surface area contributed by atoms with Crippen LogP contribution in [0.4, 0.5) is 0 Å². The van der Waals surface area contributed by atoms with Crippen LogP contribution in [0.5, 0.6) is 0 Å². The molecule has 0 aliphatic heterocycles. The number of nitrogens with zero attached hydrogens (tertiary/aromatic N) is 3. The molecule has 1 aromatic heterocycles. The first-order valence-corrected chi connectivity index (χ1v) is 7.01. The molecule has 0 atom stereocenters. The number of ether oxygens (including phenoxy) is 1. The zero-order chi connectivity index (χ0) is 15.1. The summed E-state index contributed by atoms with van der Waals surface area (Å²) in [5.41, 5.74) is 2.87. The van der Waals surface area contributed by atoms with Crippen molar-refractivity contribution < 1.29 is 9.53 Å². The fourth-order valence-corrected chi connectivity index (χ4v) is 2.05. The Balaban J connectivity index is 2.61. The van der Waals surface area contributed by atoms with Crippen molar-refractivity contribution in [3.63, 3.8) is 0 Å². The monoisotopic (exact) mass is 277 g/mol. The van der Waals surface area contributed by atoms with Crippen molar-refractivity contribution in [3.05, 3.63) is 17.0 Å². The molecule has 1 rings (SSSR count). The number of aryl methyl sites for hydroxylation is 1. The van der Waals surface area contributed by atoms with Gasteiger partial charge in [0, 0.05) is 24.2 Å². The van der Waals surface area contributed by atoms with E-state index >= 15 is 0 Å². The number of hydrogen-bond acceptors (Lipinski definition) is 4. The smallest absolute Gasteiger partial charge is 0.310 e. The van der Waals surface area contributed by atoms with Gasteiger partial charge in [0.25, 0.3) is 0 Å². The van der Waals surface area contributed by atoms with Crippen LogP contribution in [0.25, 0.3) is 0 Å². The van der Waals surface area contributed by atoms with E-state index in [1.807, 2.05) is 24.6 Å². The molecule has 0 amide bonds. The molecule has 0 spiro atoms. The molecule has 0 unspecified atom stereocenters. The lowest BCUT2D eigenvalue weighted by Crippen LogP contribution is -2.11. The third-order valence-corrected chi connectivity index (χ3v) is 3.09. The summed E-state index contributed by atoms with van der Waals surface area (Å²) in [6.45, 7) is 9.34. The standard InChI is InChI=1S/C15H23N3O2/c1-11(2)10-18-13(4)14(12(3)17-18)9-15(19)20-8-6-5-7-16/h11H,5-6,8-10H2,1-4H3. The molecule has 5 nitrogen and oxygen atoms in total. The highest BCUT2D eigenvalue weighted by molar-refractivity contribution is 5.73. The van der Waals surface area contributed by atoms with Gasteiger partial charge in [0.05, 0.1) is 24.8 Å². The molecule has 0 saturated carbocycles. The van der Waals surface area contributed by atoms with Gasteiger partial charge < -0.3 is 4.74 Å². The third-order valence-electron chi connectivity index (χ3n) is 3.09. The number of unbranched alkanes of at least 4 members (excludes halogenated alkanes) is 1. The zero-order valence-electron chi connectivity index (χ0n) is 12.8. The van der Waals surface area contributed by atoms with E-state index in [1.54, 1.807) is 0 Å². The van der Waals surface area contributed by atoms with Gasteiger partial charge in [-0.3, -0.25) is 9.48 Å². The molecule has 20 heavy (non-hydrogen) atoms. The Labute approximate surface area is 120 Å². The van der Waals surface area contributed by atoms with Crippen molar-refractivity contribution in [2.24, 2.45) is 5.92 Å². The van der Waals surface area contributed by atoms with Gasteiger partial charge in [0.1, 0.15) is 0 Å². The lowest BCUT2D eigenvalue weighted by molar-refractivity contribution is -0.142. The normalized spacial score (nSPS) is 10.6. The van der Waals surface area contributed by atoms with Crippen LogP contribution in [-0.4, -0.2) is 22.4 Å². The number of nitriles is 1. The number of carbonyl (C=O) groups is 1. The van der Waals surface area contributed by atoms with Gasteiger partial charge in [-0.1, -0.05) is 13.8 Å². The summed E-state index contributed by atoms with van der Waals surface area (Å²) in [5.74, 6) is 0.261. The topological polar surface area (TPSA) is 67.9 Å². The van der Waals surface area contributed by atoms with E-state index in [2.05, 4.69) is 18.9 Å². The van der Waals surface area contributed by atoms with E-state index in [9.17, 15) is 4.79 Å². The maximum absolute atomic E-state index is 11.8. The summed E-state index contributed by atoms with van der Waals surface area (Å²) in [4.78, 5) is 11.8. The van der Waals surface area contributed by atoms with Crippen LogP contribution in [0.2, 0.25) is 0 Å². The number of carbonyl (C=O) groups excluding carboxylic acids is 1. The van der Waals surface area contributed by atoms with Crippen molar-refractivity contribution >= 4 is 5.97 Å². The molecule has 0 radical (unpaired) electrons. The predicted octanol–water partition coefficient (Wildman–Crippen LogP) is 2.55. The summed E-state index contributed by atoms with van der Waals surface area (Å²) in [5, 5.41) is 12.9. The van der Waals surface area contributed by atoms with Crippen molar-refractivity contribution in [3.8, 4) is 6.07 Å². The third kappa shape index (κ3) is 4.69. The molecule has 0 bridgehead atoms. The molecule has 0 aromatic carbocycles. The second kappa shape index (κ2) is 7.68. The Morgan fingerprint density at radius 3 is 2.75 bits per heavy atom. The van der Waals surface area contributed by atoms with Crippen LogP contribution in [-0.2, 0) is 22.5 Å². The Morgan fingerprint density at radius 2 is 2.15 bits per heavy atom. The zero-order valence-corrected chi connectivity index (χ0v) is 12.8. The minimum atomic E-state index is -0.252. The van der Waals surface area contributed by atoms with Crippen molar-refractivity contribution in [2.75, 3.05) is 6.61 Å². The van der Waals surface area contributed by atoms with Crippen LogP contribution < -0.4 is 0 Å². The van der Waals surface area contributed by atoms with Crippen LogP contribution in [0.1, 0.15) is 43.6 Å². The molecular weight excluding hydrogens is 254 g/mol. The van der Waals surface area contributed by atoms with Gasteiger partial charge in [0.2, 0.25) is 0 Å². The van der Waals surface area contributed by atoms with Crippen LogP contribution in [0, 0.1) is 31.1 Å². The lowest BCUT2D eigenvalue weighted by Gasteiger charge is -2.08. The summed E-state index contributed by atoms with van der Waals surface area (Å²) in [6.07, 6.45) is 1.26. The second-order valence-electron chi connectivity index (χ2n) is 5.38. The highest BCUT2D eigenvalue weighted by atomic mass is 16.5. The average molecular weight is 277 g/mol. The number of rotatable bonds is 7. The van der Waals surface area contributed by atoms with Crippen LogP contribution >= 0.6 is 0 Å². The molecule has 1 heterocycles. The molecular formula is C15H23N3O2. The largest absolute Gasteiger partial charge is 0.465 e. The average Bonchev–Trinajstić information content (AvgIpc) is 2.62. The first-order chi connectivity index (χ1) is 9.45. The summed E-state index contributed by atoms with van der Waals surface area (Å²) in [7, 11) is 0. The fourth-order valence-electron chi connectivity index (χ4n) is 2.05. The SMILES string of the molecule is Cc1nn(CC(C)C)c(C)c1CC(=O)OCCCC#N. The molecule has 0 saturated heterocycles. The van der Waals surface area contributed by atoms with Gasteiger partial charge in [0.15, 0.2) is 0 Å². The number of aromatic nitrogens is 2. The Bertz CT molecular complexity index is 498. The van der Waals surface area contributed by atoms with Crippen molar-refractivity contribution in [2.45, 2.75) is 53.5 Å². The van der Waals surface area contributed by atoms with E-state index < -0.39 is 0 Å². The van der Waals surface area contributed by atoms with E-state index in [1.165, 1.54) is 0 Å². The molecule has 0 aliphatic rings. The number of esters is 1. The maximum Gasteiger partial charge on any atom is 0.310 e. The molecule has 0 fully saturated rings. The van der Waals surface area contributed by atoms with Gasteiger partial charge in [-0.25, -0.2) is 0 Å². The van der Waals surface area contributed by atoms with E-state index in [-0.39, 0.29) is 12.4 Å². The van der Waals surface area contributed by atoms with Crippen molar-refractivity contribution in [1.82, 2.24) is 9.78 Å². The first-order valence-electron chi connectivity index (χ1n) is 7.01.